The Morgan fingerprint density at radius 3 is 2.80 bits per heavy atom. The Morgan fingerprint density at radius 1 is 1.30 bits per heavy atom. The lowest BCUT2D eigenvalue weighted by Crippen LogP contribution is -2.25. The van der Waals surface area contributed by atoms with Gasteiger partial charge in [0, 0.05) is 9.35 Å². The van der Waals surface area contributed by atoms with Gasteiger partial charge in [-0.1, -0.05) is 22.0 Å². The minimum absolute atomic E-state index is 0.0687. The average Bonchev–Trinajstić information content (AvgIpc) is 2.77. The molecule has 1 aliphatic heterocycles. The van der Waals surface area contributed by atoms with E-state index in [-0.39, 0.29) is 17.3 Å². The second kappa shape index (κ2) is 5.79. The predicted octanol–water partition coefficient (Wildman–Crippen LogP) is 5.09. The standard InChI is InChI=1S/C13H8Br3NO2S/c14-7-4-10(20-13(7)16)12(15)6-1-2-9-8(3-6)17-11(18)5-19-9/h1-4,12H,5H2,(H,17,18). The summed E-state index contributed by atoms with van der Waals surface area (Å²) >= 11 is 12.3. The van der Waals surface area contributed by atoms with Crippen LogP contribution in [0.25, 0.3) is 0 Å². The highest BCUT2D eigenvalue weighted by atomic mass is 79.9. The van der Waals surface area contributed by atoms with Gasteiger partial charge in [0.25, 0.3) is 5.91 Å². The van der Waals surface area contributed by atoms with Crippen LogP contribution in [-0.4, -0.2) is 12.5 Å². The molecule has 0 bridgehead atoms. The maximum Gasteiger partial charge on any atom is 0.262 e. The molecule has 1 N–H and O–H groups in total. The van der Waals surface area contributed by atoms with Crippen LogP contribution >= 0.6 is 59.1 Å². The highest BCUT2D eigenvalue weighted by Gasteiger charge is 2.20. The summed E-state index contributed by atoms with van der Waals surface area (Å²) in [6.07, 6.45) is 0. The van der Waals surface area contributed by atoms with Gasteiger partial charge in [-0.3, -0.25) is 4.79 Å². The first-order valence-corrected chi connectivity index (χ1v) is 9.02. The molecule has 1 aromatic carbocycles. The number of hydrogen-bond donors (Lipinski definition) is 1. The lowest BCUT2D eigenvalue weighted by Gasteiger charge is -2.19. The summed E-state index contributed by atoms with van der Waals surface area (Å²) in [7, 11) is 0. The van der Waals surface area contributed by atoms with E-state index in [1.807, 2.05) is 18.2 Å². The molecule has 0 saturated carbocycles. The fourth-order valence-electron chi connectivity index (χ4n) is 1.91. The number of hydrogen-bond acceptors (Lipinski definition) is 3. The third-order valence-corrected chi connectivity index (χ3v) is 7.49. The quantitative estimate of drug-likeness (QED) is 0.607. The average molecular weight is 482 g/mol. The first kappa shape index (κ1) is 14.6. The van der Waals surface area contributed by atoms with E-state index in [4.69, 9.17) is 4.74 Å². The fraction of sp³-hybridized carbons (Fsp3) is 0.154. The van der Waals surface area contributed by atoms with Crippen LogP contribution < -0.4 is 10.1 Å². The number of fused-ring (bicyclic) bond motifs is 1. The number of alkyl halides is 1. The van der Waals surface area contributed by atoms with Crippen molar-refractivity contribution in [2.45, 2.75) is 4.83 Å². The number of benzene rings is 1. The normalized spacial score (nSPS) is 15.2. The van der Waals surface area contributed by atoms with Gasteiger partial charge in [-0.15, -0.1) is 11.3 Å². The zero-order chi connectivity index (χ0) is 14.3. The summed E-state index contributed by atoms with van der Waals surface area (Å²) in [4.78, 5) is 12.6. The molecule has 2 heterocycles. The Morgan fingerprint density at radius 2 is 2.10 bits per heavy atom. The van der Waals surface area contributed by atoms with Gasteiger partial charge in [0.2, 0.25) is 0 Å². The number of anilines is 1. The first-order valence-electron chi connectivity index (χ1n) is 5.70. The number of rotatable bonds is 2. The summed E-state index contributed by atoms with van der Waals surface area (Å²) in [6.45, 7) is 0.0783. The highest BCUT2D eigenvalue weighted by Crippen LogP contribution is 2.42. The molecule has 0 fully saturated rings. The van der Waals surface area contributed by atoms with Crippen molar-refractivity contribution in [2.24, 2.45) is 0 Å². The number of halogens is 3. The van der Waals surface area contributed by atoms with Crippen LogP contribution in [0.1, 0.15) is 15.3 Å². The van der Waals surface area contributed by atoms with Crippen LogP contribution in [-0.2, 0) is 4.79 Å². The first-order chi connectivity index (χ1) is 9.54. The SMILES string of the molecule is O=C1COc2ccc(C(Br)c3cc(Br)c(Br)s3)cc2N1. The smallest absolute Gasteiger partial charge is 0.262 e. The molecule has 0 radical (unpaired) electrons. The van der Waals surface area contributed by atoms with Crippen LogP contribution in [0.15, 0.2) is 32.5 Å². The van der Waals surface area contributed by atoms with Crippen molar-refractivity contribution in [2.75, 3.05) is 11.9 Å². The topological polar surface area (TPSA) is 38.3 Å². The summed E-state index contributed by atoms with van der Waals surface area (Å²) in [6, 6.07) is 7.89. The zero-order valence-electron chi connectivity index (χ0n) is 9.95. The molecule has 104 valence electrons. The van der Waals surface area contributed by atoms with Crippen molar-refractivity contribution in [3.8, 4) is 5.75 Å². The molecular weight excluding hydrogens is 474 g/mol. The summed E-state index contributed by atoms with van der Waals surface area (Å²) in [5, 5.41) is 2.82. The van der Waals surface area contributed by atoms with Crippen molar-refractivity contribution in [3.05, 3.63) is 43.0 Å². The second-order valence-corrected chi connectivity index (χ2v) is 8.40. The number of amides is 1. The van der Waals surface area contributed by atoms with Crippen LogP contribution in [0.3, 0.4) is 0 Å². The van der Waals surface area contributed by atoms with E-state index in [0.29, 0.717) is 5.75 Å². The number of carbonyl (C=O) groups is 1. The van der Waals surface area contributed by atoms with Crippen LogP contribution in [0.4, 0.5) is 5.69 Å². The lowest BCUT2D eigenvalue weighted by atomic mass is 10.1. The van der Waals surface area contributed by atoms with Crippen molar-refractivity contribution in [1.82, 2.24) is 0 Å². The van der Waals surface area contributed by atoms with E-state index in [1.54, 1.807) is 11.3 Å². The summed E-state index contributed by atoms with van der Waals surface area (Å²) < 4.78 is 7.46. The molecule has 3 rings (SSSR count). The Balaban J connectivity index is 1.94. The highest BCUT2D eigenvalue weighted by molar-refractivity contribution is 9.13. The van der Waals surface area contributed by atoms with E-state index < -0.39 is 0 Å². The van der Waals surface area contributed by atoms with Crippen molar-refractivity contribution in [3.63, 3.8) is 0 Å². The molecule has 1 atom stereocenters. The number of nitrogens with one attached hydrogen (secondary N) is 1. The molecule has 0 saturated heterocycles. The fourth-order valence-corrected chi connectivity index (χ4v) is 4.70. The number of ether oxygens (including phenoxy) is 1. The zero-order valence-corrected chi connectivity index (χ0v) is 15.5. The number of thiophene rings is 1. The summed E-state index contributed by atoms with van der Waals surface area (Å²) in [5.41, 5.74) is 1.79. The van der Waals surface area contributed by atoms with Gasteiger partial charge in [0.1, 0.15) is 5.75 Å². The van der Waals surface area contributed by atoms with E-state index >= 15 is 0 Å². The molecule has 1 aromatic heterocycles. The summed E-state index contributed by atoms with van der Waals surface area (Å²) in [5.74, 6) is 0.587. The number of carbonyl (C=O) groups excluding carboxylic acids is 1. The van der Waals surface area contributed by atoms with E-state index in [2.05, 4.69) is 59.2 Å². The van der Waals surface area contributed by atoms with Crippen LogP contribution in [0.5, 0.6) is 5.75 Å². The molecule has 7 heteroatoms. The lowest BCUT2D eigenvalue weighted by molar-refractivity contribution is -0.118. The third kappa shape index (κ3) is 2.81. The Bertz CT molecular complexity index is 667. The van der Waals surface area contributed by atoms with E-state index in [9.17, 15) is 4.79 Å². The molecule has 2 aromatic rings. The van der Waals surface area contributed by atoms with Gasteiger partial charge in [-0.25, -0.2) is 0 Å². The van der Waals surface area contributed by atoms with Crippen LogP contribution in [0.2, 0.25) is 0 Å². The Hall–Kier alpha value is -0.370. The second-order valence-electron chi connectivity index (χ2n) is 4.23. The van der Waals surface area contributed by atoms with E-state index in [0.717, 1.165) is 19.5 Å². The third-order valence-electron chi connectivity index (χ3n) is 2.84. The largest absolute Gasteiger partial charge is 0.482 e. The predicted molar refractivity (Wildman–Crippen MR) is 91.1 cm³/mol. The minimum Gasteiger partial charge on any atom is -0.482 e. The molecule has 0 aliphatic carbocycles. The van der Waals surface area contributed by atoms with Crippen molar-refractivity contribution >= 4 is 70.7 Å². The van der Waals surface area contributed by atoms with Crippen LogP contribution in [0, 0.1) is 0 Å². The molecule has 0 spiro atoms. The molecular formula is C13H8Br3NO2S. The van der Waals surface area contributed by atoms with Gasteiger partial charge in [-0.2, -0.15) is 0 Å². The van der Waals surface area contributed by atoms with E-state index in [1.165, 1.54) is 4.88 Å². The van der Waals surface area contributed by atoms with Gasteiger partial charge in [-0.05, 0) is 55.6 Å². The molecule has 20 heavy (non-hydrogen) atoms. The van der Waals surface area contributed by atoms with Crippen molar-refractivity contribution < 1.29 is 9.53 Å². The molecule has 1 amide bonds. The van der Waals surface area contributed by atoms with Gasteiger partial charge < -0.3 is 10.1 Å². The maximum atomic E-state index is 11.4. The maximum absolute atomic E-state index is 11.4. The molecule has 1 unspecified atom stereocenters. The van der Waals surface area contributed by atoms with Gasteiger partial charge >= 0.3 is 0 Å². The Labute approximate surface area is 145 Å². The minimum atomic E-state index is -0.123. The van der Waals surface area contributed by atoms with Crippen molar-refractivity contribution in [1.29, 1.82) is 0 Å². The monoisotopic (exact) mass is 479 g/mol. The Kier molecular flexibility index (Phi) is 4.21. The molecule has 3 nitrogen and oxygen atoms in total. The molecule has 1 aliphatic rings. The van der Waals surface area contributed by atoms with Gasteiger partial charge in [0.15, 0.2) is 6.61 Å². The van der Waals surface area contributed by atoms with Gasteiger partial charge in [0.05, 0.1) is 14.3 Å².